The number of nitrogens with zero attached hydrogens (tertiary/aromatic N) is 2. The highest BCUT2D eigenvalue weighted by molar-refractivity contribution is 5.69. The first-order valence-electron chi connectivity index (χ1n) is 7.76. The lowest BCUT2D eigenvalue weighted by Gasteiger charge is -2.04. The molecule has 0 bridgehead atoms. The molecule has 0 heterocycles. The van der Waals surface area contributed by atoms with E-state index in [1.807, 2.05) is 12.1 Å². The van der Waals surface area contributed by atoms with Crippen molar-refractivity contribution >= 4 is 11.9 Å². The summed E-state index contributed by atoms with van der Waals surface area (Å²) in [4.78, 5) is 22.6. The predicted molar refractivity (Wildman–Crippen MR) is 79.3 cm³/mol. The second kappa shape index (κ2) is 15.3. The van der Waals surface area contributed by atoms with E-state index in [-0.39, 0.29) is 11.9 Å². The fourth-order valence-corrected chi connectivity index (χ4v) is 1.71. The largest absolute Gasteiger partial charge is 0.466 e. The van der Waals surface area contributed by atoms with E-state index in [1.54, 1.807) is 0 Å². The highest BCUT2D eigenvalue weighted by atomic mass is 16.5. The minimum atomic E-state index is -0.227. The van der Waals surface area contributed by atoms with Crippen LogP contribution in [-0.2, 0) is 19.1 Å². The molecule has 0 fully saturated rings. The molecule has 0 saturated carbocycles. The van der Waals surface area contributed by atoms with Crippen LogP contribution >= 0.6 is 0 Å². The summed E-state index contributed by atoms with van der Waals surface area (Å²) in [6.45, 7) is 0.619. The van der Waals surface area contributed by atoms with E-state index in [1.165, 1.54) is 0 Å². The molecule has 6 heteroatoms. The lowest BCUT2D eigenvalue weighted by Crippen LogP contribution is -2.06. The molecule has 122 valence electrons. The first-order chi connectivity index (χ1) is 10.7. The summed E-state index contributed by atoms with van der Waals surface area (Å²) in [7, 11) is 0. The molecule has 0 aliphatic carbocycles. The first-order valence-corrected chi connectivity index (χ1v) is 7.76. The third-order valence-electron chi connectivity index (χ3n) is 2.90. The zero-order valence-corrected chi connectivity index (χ0v) is 13.0. The minimum absolute atomic E-state index is 0.227. The molecule has 0 aromatic carbocycles. The van der Waals surface area contributed by atoms with Crippen molar-refractivity contribution < 1.29 is 19.1 Å². The standard InChI is InChI=1S/C16H24N2O4/c17-11-5-7-13-21-15(19)9-3-1-2-4-10-16(20)22-14-8-6-12-18/h1-10,13-14H2. The van der Waals surface area contributed by atoms with Gasteiger partial charge >= 0.3 is 11.9 Å². The lowest BCUT2D eigenvalue weighted by molar-refractivity contribution is -0.145. The van der Waals surface area contributed by atoms with Crippen LogP contribution in [0.4, 0.5) is 0 Å². The average Bonchev–Trinajstić information content (AvgIpc) is 2.51. The number of unbranched alkanes of at least 4 members (excludes halogenated alkanes) is 5. The van der Waals surface area contributed by atoms with E-state index in [4.69, 9.17) is 20.0 Å². The number of nitriles is 2. The number of hydrogen-bond acceptors (Lipinski definition) is 6. The van der Waals surface area contributed by atoms with Crippen LogP contribution in [0.2, 0.25) is 0 Å². The molecule has 0 aromatic rings. The van der Waals surface area contributed by atoms with Gasteiger partial charge in [-0.05, 0) is 25.7 Å². The van der Waals surface area contributed by atoms with E-state index in [2.05, 4.69) is 0 Å². The third kappa shape index (κ3) is 14.3. The second-order valence-corrected chi connectivity index (χ2v) is 4.88. The lowest BCUT2D eigenvalue weighted by atomic mass is 10.1. The van der Waals surface area contributed by atoms with Gasteiger partial charge in [0.15, 0.2) is 0 Å². The Hall–Kier alpha value is -2.08. The summed E-state index contributed by atoms with van der Waals surface area (Å²) in [5.74, 6) is -0.454. The number of rotatable bonds is 13. The summed E-state index contributed by atoms with van der Waals surface area (Å²) in [5.41, 5.74) is 0. The van der Waals surface area contributed by atoms with Crippen molar-refractivity contribution in [2.24, 2.45) is 0 Å². The van der Waals surface area contributed by atoms with Crippen molar-refractivity contribution in [2.45, 2.75) is 64.2 Å². The third-order valence-corrected chi connectivity index (χ3v) is 2.90. The van der Waals surface area contributed by atoms with Gasteiger partial charge < -0.3 is 9.47 Å². The number of esters is 2. The molecule has 0 N–H and O–H groups in total. The number of ether oxygens (including phenoxy) is 2. The van der Waals surface area contributed by atoms with Crippen LogP contribution in [0.25, 0.3) is 0 Å². The molecular weight excluding hydrogens is 284 g/mol. The average molecular weight is 308 g/mol. The fourth-order valence-electron chi connectivity index (χ4n) is 1.71. The van der Waals surface area contributed by atoms with Crippen molar-refractivity contribution in [3.05, 3.63) is 0 Å². The molecule has 22 heavy (non-hydrogen) atoms. The van der Waals surface area contributed by atoms with Gasteiger partial charge in [0, 0.05) is 25.7 Å². The molecule has 0 amide bonds. The topological polar surface area (TPSA) is 100 Å². The molecule has 0 aliphatic heterocycles. The summed E-state index contributed by atoms with van der Waals surface area (Å²) in [6.07, 6.45) is 5.96. The zero-order chi connectivity index (χ0) is 16.5. The highest BCUT2D eigenvalue weighted by Crippen LogP contribution is 2.07. The maximum atomic E-state index is 11.3. The van der Waals surface area contributed by atoms with Crippen LogP contribution in [0.3, 0.4) is 0 Å². The fraction of sp³-hybridized carbons (Fsp3) is 0.750. The zero-order valence-electron chi connectivity index (χ0n) is 13.0. The maximum absolute atomic E-state index is 11.3. The van der Waals surface area contributed by atoms with Crippen LogP contribution in [0.1, 0.15) is 64.2 Å². The van der Waals surface area contributed by atoms with Crippen molar-refractivity contribution in [2.75, 3.05) is 13.2 Å². The molecule has 0 unspecified atom stereocenters. The Balaban J connectivity index is 3.32. The SMILES string of the molecule is N#CCCCOC(=O)CCCCCCC(=O)OCCCC#N. The van der Waals surface area contributed by atoms with Crippen molar-refractivity contribution in [3.8, 4) is 12.1 Å². The monoisotopic (exact) mass is 308 g/mol. The summed E-state index contributed by atoms with van der Waals surface area (Å²) in [5, 5.41) is 16.7. The number of carbonyl (C=O) groups excluding carboxylic acids is 2. The second-order valence-electron chi connectivity index (χ2n) is 4.88. The van der Waals surface area contributed by atoms with Gasteiger partial charge in [-0.15, -0.1) is 0 Å². The van der Waals surface area contributed by atoms with Gasteiger partial charge in [-0.25, -0.2) is 0 Å². The first kappa shape index (κ1) is 19.9. The highest BCUT2D eigenvalue weighted by Gasteiger charge is 2.04. The Morgan fingerprint density at radius 3 is 1.45 bits per heavy atom. The van der Waals surface area contributed by atoms with E-state index < -0.39 is 0 Å². The molecule has 0 aromatic heterocycles. The Morgan fingerprint density at radius 2 is 1.09 bits per heavy atom. The van der Waals surface area contributed by atoms with Crippen LogP contribution in [0.15, 0.2) is 0 Å². The molecular formula is C16H24N2O4. The van der Waals surface area contributed by atoms with E-state index >= 15 is 0 Å². The van der Waals surface area contributed by atoms with E-state index in [0.29, 0.717) is 51.7 Å². The Labute approximate surface area is 132 Å². The van der Waals surface area contributed by atoms with Crippen molar-refractivity contribution in [1.29, 1.82) is 10.5 Å². The van der Waals surface area contributed by atoms with Gasteiger partial charge in [-0.2, -0.15) is 10.5 Å². The molecule has 0 aliphatic rings. The maximum Gasteiger partial charge on any atom is 0.305 e. The Morgan fingerprint density at radius 1 is 0.682 bits per heavy atom. The molecule has 6 nitrogen and oxygen atoms in total. The summed E-state index contributed by atoms with van der Waals surface area (Å²) >= 11 is 0. The van der Waals surface area contributed by atoms with E-state index in [0.717, 1.165) is 25.7 Å². The quantitative estimate of drug-likeness (QED) is 0.383. The summed E-state index contributed by atoms with van der Waals surface area (Å²) in [6, 6.07) is 3.98. The van der Waals surface area contributed by atoms with Gasteiger partial charge in [0.1, 0.15) is 0 Å². The Kier molecular flexibility index (Phi) is 13.9. The van der Waals surface area contributed by atoms with Crippen molar-refractivity contribution in [3.63, 3.8) is 0 Å². The smallest absolute Gasteiger partial charge is 0.305 e. The van der Waals surface area contributed by atoms with Gasteiger partial charge in [0.2, 0.25) is 0 Å². The Bertz CT molecular complexity index is 358. The molecule has 0 saturated heterocycles. The molecule has 0 atom stereocenters. The van der Waals surface area contributed by atoms with Crippen molar-refractivity contribution in [1.82, 2.24) is 0 Å². The van der Waals surface area contributed by atoms with Gasteiger partial charge in [0.25, 0.3) is 0 Å². The van der Waals surface area contributed by atoms with Crippen LogP contribution < -0.4 is 0 Å². The van der Waals surface area contributed by atoms with Crippen LogP contribution in [0, 0.1) is 22.7 Å². The summed E-state index contributed by atoms with van der Waals surface area (Å²) < 4.78 is 9.93. The normalized spacial score (nSPS) is 9.55. The van der Waals surface area contributed by atoms with Gasteiger partial charge in [0.05, 0.1) is 25.4 Å². The number of carbonyl (C=O) groups is 2. The van der Waals surface area contributed by atoms with Gasteiger partial charge in [-0.3, -0.25) is 9.59 Å². The van der Waals surface area contributed by atoms with Crippen LogP contribution in [0.5, 0.6) is 0 Å². The van der Waals surface area contributed by atoms with Gasteiger partial charge in [-0.1, -0.05) is 12.8 Å². The molecule has 0 rings (SSSR count). The minimum Gasteiger partial charge on any atom is -0.466 e. The van der Waals surface area contributed by atoms with Crippen LogP contribution in [-0.4, -0.2) is 25.2 Å². The number of hydrogen-bond donors (Lipinski definition) is 0. The molecule has 0 radical (unpaired) electrons. The predicted octanol–water partition coefficient (Wildman–Crippen LogP) is 3.02. The molecule has 0 spiro atoms. The van der Waals surface area contributed by atoms with E-state index in [9.17, 15) is 9.59 Å².